The van der Waals surface area contributed by atoms with Gasteiger partial charge in [0.15, 0.2) is 0 Å². The molecule has 0 spiro atoms. The summed E-state index contributed by atoms with van der Waals surface area (Å²) in [4.78, 5) is 23.9. The van der Waals surface area contributed by atoms with E-state index >= 15 is 0 Å². The van der Waals surface area contributed by atoms with Gasteiger partial charge in [-0.15, -0.1) is 0 Å². The van der Waals surface area contributed by atoms with Crippen molar-refractivity contribution in [3.8, 4) is 5.75 Å². The quantitative estimate of drug-likeness (QED) is 0.398. The van der Waals surface area contributed by atoms with Crippen molar-refractivity contribution in [3.05, 3.63) is 87.2 Å². The number of esters is 1. The van der Waals surface area contributed by atoms with Crippen LogP contribution in [0.5, 0.6) is 5.75 Å². The lowest BCUT2D eigenvalue weighted by Crippen LogP contribution is -2.27. The van der Waals surface area contributed by atoms with Crippen LogP contribution in [-0.2, 0) is 20.9 Å². The molecule has 0 radical (unpaired) electrons. The van der Waals surface area contributed by atoms with Crippen molar-refractivity contribution in [1.29, 1.82) is 0 Å². The van der Waals surface area contributed by atoms with Crippen molar-refractivity contribution < 1.29 is 23.9 Å². The maximum Gasteiger partial charge on any atom is 0.374 e. The first-order chi connectivity index (χ1) is 13.9. The highest BCUT2D eigenvalue weighted by Crippen LogP contribution is 2.43. The minimum Gasteiger partial charge on any atom is -0.497 e. The second kappa shape index (κ2) is 8.77. The van der Waals surface area contributed by atoms with Gasteiger partial charge in [-0.1, -0.05) is 56.3 Å². The molecular formula is C22H23NO6. The second-order valence-electron chi connectivity index (χ2n) is 7.05. The summed E-state index contributed by atoms with van der Waals surface area (Å²) >= 11 is 0. The predicted molar refractivity (Wildman–Crippen MR) is 106 cm³/mol. The summed E-state index contributed by atoms with van der Waals surface area (Å²) in [6.45, 7) is 3.82. The van der Waals surface area contributed by atoms with Crippen molar-refractivity contribution in [2.45, 2.75) is 32.6 Å². The summed E-state index contributed by atoms with van der Waals surface area (Å²) in [6.07, 6.45) is -1.39. The summed E-state index contributed by atoms with van der Waals surface area (Å²) < 4.78 is 16.1. The van der Waals surface area contributed by atoms with Gasteiger partial charge in [0.05, 0.1) is 12.0 Å². The fourth-order valence-corrected chi connectivity index (χ4v) is 3.45. The maximum absolute atomic E-state index is 12.7. The highest BCUT2D eigenvalue weighted by Gasteiger charge is 2.49. The molecule has 1 aliphatic rings. The van der Waals surface area contributed by atoms with E-state index in [1.165, 1.54) is 0 Å². The molecule has 7 heteroatoms. The molecule has 3 rings (SSSR count). The minimum atomic E-state index is -1.39. The molecule has 152 valence electrons. The van der Waals surface area contributed by atoms with E-state index in [2.05, 4.69) is 0 Å². The van der Waals surface area contributed by atoms with Crippen molar-refractivity contribution in [2.24, 2.45) is 5.92 Å². The van der Waals surface area contributed by atoms with Gasteiger partial charge in [0.2, 0.25) is 5.76 Å². The number of methoxy groups -OCH3 is 1. The molecular weight excluding hydrogens is 374 g/mol. The Bertz CT molecular complexity index is 905. The zero-order valence-corrected chi connectivity index (χ0v) is 16.5. The molecule has 2 atom stereocenters. The second-order valence-corrected chi connectivity index (χ2v) is 7.05. The summed E-state index contributed by atoms with van der Waals surface area (Å²) in [6, 6.07) is 16.2. The number of carbonyl (C=O) groups is 1. The summed E-state index contributed by atoms with van der Waals surface area (Å²) in [5.41, 5.74) is 2.07. The van der Waals surface area contributed by atoms with Gasteiger partial charge in [0.1, 0.15) is 18.3 Å². The normalized spacial score (nSPS) is 18.5. The van der Waals surface area contributed by atoms with E-state index in [-0.39, 0.29) is 18.3 Å². The van der Waals surface area contributed by atoms with Gasteiger partial charge in [-0.2, -0.15) is 0 Å². The largest absolute Gasteiger partial charge is 0.497 e. The van der Waals surface area contributed by atoms with Crippen LogP contribution >= 0.6 is 0 Å². The molecule has 7 nitrogen and oxygen atoms in total. The number of carbonyl (C=O) groups excluding carboxylic acids is 1. The number of nitrogens with zero attached hydrogens (tertiary/aromatic N) is 1. The van der Waals surface area contributed by atoms with Gasteiger partial charge < -0.3 is 14.2 Å². The Morgan fingerprint density at radius 3 is 2.34 bits per heavy atom. The highest BCUT2D eigenvalue weighted by molar-refractivity contribution is 5.88. The minimum absolute atomic E-state index is 0.0637. The topological polar surface area (TPSA) is 87.9 Å². The van der Waals surface area contributed by atoms with Crippen LogP contribution in [0.25, 0.3) is 0 Å². The van der Waals surface area contributed by atoms with Gasteiger partial charge in [0, 0.05) is 5.57 Å². The number of hydrogen-bond acceptors (Lipinski definition) is 6. The molecule has 0 unspecified atom stereocenters. The number of benzene rings is 2. The van der Waals surface area contributed by atoms with Crippen LogP contribution in [-0.4, -0.2) is 24.2 Å². The molecule has 0 bridgehead atoms. The Morgan fingerprint density at radius 2 is 1.79 bits per heavy atom. The van der Waals surface area contributed by atoms with Crippen LogP contribution in [0.3, 0.4) is 0 Å². The first-order valence-corrected chi connectivity index (χ1v) is 9.31. The summed E-state index contributed by atoms with van der Waals surface area (Å²) in [7, 11) is 1.55. The fourth-order valence-electron chi connectivity index (χ4n) is 3.45. The van der Waals surface area contributed by atoms with Crippen molar-refractivity contribution >= 4 is 5.97 Å². The van der Waals surface area contributed by atoms with Crippen LogP contribution in [0.2, 0.25) is 0 Å². The molecule has 2 aromatic rings. The van der Waals surface area contributed by atoms with Gasteiger partial charge >= 0.3 is 12.2 Å². The Morgan fingerprint density at radius 1 is 1.14 bits per heavy atom. The summed E-state index contributed by atoms with van der Waals surface area (Å²) in [5, 5.41) is 11.7. The van der Waals surface area contributed by atoms with E-state index in [1.54, 1.807) is 31.4 Å². The van der Waals surface area contributed by atoms with E-state index in [9.17, 15) is 14.9 Å². The fraction of sp³-hybridized carbons (Fsp3) is 0.318. The Kier molecular flexibility index (Phi) is 6.16. The van der Waals surface area contributed by atoms with Crippen LogP contribution in [0.4, 0.5) is 0 Å². The predicted octanol–water partition coefficient (Wildman–Crippen LogP) is 4.07. The molecule has 0 saturated heterocycles. The Labute approximate surface area is 169 Å². The van der Waals surface area contributed by atoms with Crippen LogP contribution in [0.1, 0.15) is 30.9 Å². The lowest BCUT2D eigenvalue weighted by atomic mass is 9.84. The molecule has 1 heterocycles. The van der Waals surface area contributed by atoms with Gasteiger partial charge in [-0.25, -0.2) is 4.79 Å². The number of hydrogen-bond donors (Lipinski definition) is 0. The van der Waals surface area contributed by atoms with Crippen LogP contribution < -0.4 is 4.74 Å². The SMILES string of the molecule is COc1ccc([C@H]2C(C(C)C)=C(C(=O)OCc3ccccc3)O[C@@H]2[N+](=O)[O-])cc1. The lowest BCUT2D eigenvalue weighted by Gasteiger charge is -2.18. The van der Waals surface area contributed by atoms with E-state index in [0.717, 1.165) is 5.56 Å². The average molecular weight is 397 g/mol. The molecule has 2 aromatic carbocycles. The smallest absolute Gasteiger partial charge is 0.374 e. The van der Waals surface area contributed by atoms with E-state index in [4.69, 9.17) is 14.2 Å². The van der Waals surface area contributed by atoms with Crippen molar-refractivity contribution in [1.82, 2.24) is 0 Å². The molecule has 0 saturated carbocycles. The number of ether oxygens (including phenoxy) is 3. The molecule has 0 aliphatic carbocycles. The van der Waals surface area contributed by atoms with Crippen molar-refractivity contribution in [2.75, 3.05) is 7.11 Å². The molecule has 1 aliphatic heterocycles. The Balaban J connectivity index is 1.92. The summed E-state index contributed by atoms with van der Waals surface area (Å²) in [5.74, 6) is -0.955. The van der Waals surface area contributed by atoms with E-state index in [1.807, 2.05) is 44.2 Å². The Hall–Kier alpha value is -3.35. The zero-order valence-electron chi connectivity index (χ0n) is 16.5. The number of nitro groups is 1. The third-order valence-corrected chi connectivity index (χ3v) is 4.82. The van der Waals surface area contributed by atoms with E-state index < -0.39 is 23.0 Å². The average Bonchev–Trinajstić information content (AvgIpc) is 3.14. The third-order valence-electron chi connectivity index (χ3n) is 4.82. The standard InChI is InChI=1S/C22H23NO6/c1-14(2)18-19(16-9-11-17(27-3)12-10-16)21(23(25)26)29-20(18)22(24)28-13-15-7-5-4-6-8-15/h4-12,14,19,21H,13H2,1-3H3/t19-,21-/m0/s1. The van der Waals surface area contributed by atoms with E-state index in [0.29, 0.717) is 16.9 Å². The van der Waals surface area contributed by atoms with Gasteiger partial charge in [-0.05, 0) is 29.2 Å². The molecule has 29 heavy (non-hydrogen) atoms. The molecule has 0 aromatic heterocycles. The number of rotatable bonds is 7. The van der Waals surface area contributed by atoms with Crippen LogP contribution in [0, 0.1) is 16.0 Å². The first-order valence-electron chi connectivity index (χ1n) is 9.31. The lowest BCUT2D eigenvalue weighted by molar-refractivity contribution is -0.570. The highest BCUT2D eigenvalue weighted by atomic mass is 16.7. The third kappa shape index (κ3) is 4.39. The monoisotopic (exact) mass is 397 g/mol. The van der Waals surface area contributed by atoms with Crippen LogP contribution in [0.15, 0.2) is 65.9 Å². The maximum atomic E-state index is 12.7. The molecule has 0 fully saturated rings. The molecule has 0 amide bonds. The molecule has 0 N–H and O–H groups in total. The zero-order chi connectivity index (χ0) is 21.0. The first kappa shape index (κ1) is 20.4. The van der Waals surface area contributed by atoms with Gasteiger partial charge in [0.25, 0.3) is 0 Å². The van der Waals surface area contributed by atoms with Gasteiger partial charge in [-0.3, -0.25) is 10.1 Å². The van der Waals surface area contributed by atoms with Crippen molar-refractivity contribution in [3.63, 3.8) is 0 Å².